The molecule has 0 saturated carbocycles. The number of esters is 6. The molecule has 5 unspecified atom stereocenters. The number of fused-ring (bicyclic) bond motifs is 1. The van der Waals surface area contributed by atoms with Gasteiger partial charge in [-0.15, -0.1) is 0 Å². The third-order valence-electron chi connectivity index (χ3n) is 6.46. The lowest BCUT2D eigenvalue weighted by Crippen LogP contribution is -2.50. The van der Waals surface area contributed by atoms with Gasteiger partial charge in [-0.1, -0.05) is 39.2 Å². The van der Waals surface area contributed by atoms with Crippen molar-refractivity contribution in [3.05, 3.63) is 47.6 Å². The highest BCUT2D eigenvalue weighted by Gasteiger charge is 2.55. The van der Waals surface area contributed by atoms with E-state index in [4.69, 9.17) is 28.4 Å². The van der Waals surface area contributed by atoms with Crippen LogP contribution in [0.5, 0.6) is 0 Å². The van der Waals surface area contributed by atoms with Gasteiger partial charge in [0.25, 0.3) is 0 Å². The van der Waals surface area contributed by atoms with Crippen LogP contribution in [-0.4, -0.2) is 73.9 Å². The SMILES string of the molecule is C=C1CCC=C(C(=O)OC)C(OC(=O)C(C)C)C(OC(=O)C(=CC)COC(C)=O)C2C(=C)C(=O)OC2C1OC(C)=O. The van der Waals surface area contributed by atoms with E-state index in [9.17, 15) is 28.8 Å². The van der Waals surface area contributed by atoms with Gasteiger partial charge < -0.3 is 28.4 Å². The standard InChI is InChI=1S/C29H36O12/c1-9-19(13-37-17(6)30)28(34)41-25-21-16(5)27(33)40-24(21)22(38-18(7)31)15(4)11-10-12-20(29(35)36-8)23(25)39-26(32)14(2)3/h9,12,14,21-25H,4-5,10-11,13H2,1-3,6-8H3. The lowest BCUT2D eigenvalue weighted by molar-refractivity contribution is -0.176. The summed E-state index contributed by atoms with van der Waals surface area (Å²) in [5.41, 5.74) is -0.0749. The molecule has 0 radical (unpaired) electrons. The molecule has 12 nitrogen and oxygen atoms in total. The Morgan fingerprint density at radius 3 is 2.24 bits per heavy atom. The second-order valence-corrected chi connectivity index (χ2v) is 9.78. The van der Waals surface area contributed by atoms with Gasteiger partial charge in [-0.2, -0.15) is 0 Å². The molecular weight excluding hydrogens is 540 g/mol. The molecule has 1 saturated heterocycles. The summed E-state index contributed by atoms with van der Waals surface area (Å²) in [5.74, 6) is -6.80. The number of hydrogen-bond acceptors (Lipinski definition) is 12. The van der Waals surface area contributed by atoms with Crippen LogP contribution in [0.1, 0.15) is 47.5 Å². The molecule has 2 aliphatic rings. The highest BCUT2D eigenvalue weighted by atomic mass is 16.6. The van der Waals surface area contributed by atoms with E-state index >= 15 is 0 Å². The van der Waals surface area contributed by atoms with E-state index in [-0.39, 0.29) is 29.6 Å². The van der Waals surface area contributed by atoms with E-state index in [1.54, 1.807) is 13.8 Å². The molecule has 1 heterocycles. The van der Waals surface area contributed by atoms with Gasteiger partial charge in [0, 0.05) is 19.4 Å². The fourth-order valence-electron chi connectivity index (χ4n) is 4.32. The van der Waals surface area contributed by atoms with Crippen molar-refractivity contribution in [1.82, 2.24) is 0 Å². The van der Waals surface area contributed by atoms with Gasteiger partial charge >= 0.3 is 35.8 Å². The fraction of sp³-hybridized carbons (Fsp3) is 0.517. The maximum Gasteiger partial charge on any atom is 0.337 e. The van der Waals surface area contributed by atoms with E-state index in [2.05, 4.69) is 13.2 Å². The number of ether oxygens (including phenoxy) is 6. The number of carbonyl (C=O) groups excluding carboxylic acids is 6. The molecule has 0 amide bonds. The first kappa shape index (κ1) is 33.0. The molecule has 12 heteroatoms. The van der Waals surface area contributed by atoms with E-state index in [1.165, 1.54) is 26.0 Å². The molecule has 1 fully saturated rings. The quantitative estimate of drug-likeness (QED) is 0.180. The average Bonchev–Trinajstić information content (AvgIpc) is 3.19. The Hall–Kier alpha value is -4.22. The van der Waals surface area contributed by atoms with Crippen molar-refractivity contribution in [2.75, 3.05) is 13.7 Å². The molecule has 2 rings (SSSR count). The largest absolute Gasteiger partial charge is 0.466 e. The van der Waals surface area contributed by atoms with Crippen LogP contribution in [0.4, 0.5) is 0 Å². The monoisotopic (exact) mass is 576 g/mol. The van der Waals surface area contributed by atoms with Crippen LogP contribution in [0.15, 0.2) is 47.6 Å². The van der Waals surface area contributed by atoms with Crippen LogP contribution in [0, 0.1) is 11.8 Å². The van der Waals surface area contributed by atoms with Gasteiger partial charge in [0.05, 0.1) is 30.1 Å². The summed E-state index contributed by atoms with van der Waals surface area (Å²) in [7, 11) is 1.13. The zero-order valence-electron chi connectivity index (χ0n) is 24.1. The van der Waals surface area contributed by atoms with Crippen LogP contribution in [0.25, 0.3) is 0 Å². The first-order chi connectivity index (χ1) is 19.2. The molecule has 0 spiro atoms. The van der Waals surface area contributed by atoms with E-state index in [0.717, 1.165) is 14.0 Å². The van der Waals surface area contributed by atoms with Crippen molar-refractivity contribution >= 4 is 35.8 Å². The summed E-state index contributed by atoms with van der Waals surface area (Å²) in [6.45, 7) is 14.3. The predicted octanol–water partition coefficient (Wildman–Crippen LogP) is 2.45. The van der Waals surface area contributed by atoms with Gasteiger partial charge in [0.2, 0.25) is 0 Å². The summed E-state index contributed by atoms with van der Waals surface area (Å²) >= 11 is 0. The van der Waals surface area contributed by atoms with E-state index in [0.29, 0.717) is 5.57 Å². The van der Waals surface area contributed by atoms with Crippen molar-refractivity contribution in [3.63, 3.8) is 0 Å². The van der Waals surface area contributed by atoms with Gasteiger partial charge in [-0.25, -0.2) is 14.4 Å². The second-order valence-electron chi connectivity index (χ2n) is 9.78. The number of rotatable bonds is 8. The highest BCUT2D eigenvalue weighted by molar-refractivity contribution is 5.94. The summed E-state index contributed by atoms with van der Waals surface area (Å²) in [6, 6.07) is 0. The molecule has 0 aromatic rings. The number of carbonyl (C=O) groups is 6. The Morgan fingerprint density at radius 1 is 1.05 bits per heavy atom. The van der Waals surface area contributed by atoms with Crippen LogP contribution < -0.4 is 0 Å². The zero-order chi connectivity index (χ0) is 31.0. The molecule has 0 bridgehead atoms. The van der Waals surface area contributed by atoms with Crippen LogP contribution >= 0.6 is 0 Å². The minimum absolute atomic E-state index is 0.0804. The lowest BCUT2D eigenvalue weighted by atomic mass is 9.80. The van der Waals surface area contributed by atoms with Crippen LogP contribution in [0.3, 0.4) is 0 Å². The van der Waals surface area contributed by atoms with Crippen molar-refractivity contribution in [3.8, 4) is 0 Å². The number of hydrogen-bond donors (Lipinski definition) is 0. The van der Waals surface area contributed by atoms with Crippen LogP contribution in [-0.2, 0) is 57.2 Å². The minimum atomic E-state index is -1.62. The van der Waals surface area contributed by atoms with Crippen LogP contribution in [0.2, 0.25) is 0 Å². The fourth-order valence-corrected chi connectivity index (χ4v) is 4.32. The Labute approximate surface area is 238 Å². The second kappa shape index (κ2) is 14.4. The molecule has 5 atom stereocenters. The predicted molar refractivity (Wildman–Crippen MR) is 142 cm³/mol. The molecular formula is C29H36O12. The third-order valence-corrected chi connectivity index (χ3v) is 6.46. The summed E-state index contributed by atoms with van der Waals surface area (Å²) in [4.78, 5) is 75.6. The van der Waals surface area contributed by atoms with Crippen molar-refractivity contribution in [2.45, 2.75) is 71.9 Å². The topological polar surface area (TPSA) is 158 Å². The third kappa shape index (κ3) is 8.15. The Morgan fingerprint density at radius 2 is 1.71 bits per heavy atom. The first-order valence-electron chi connectivity index (χ1n) is 13.0. The van der Waals surface area contributed by atoms with Gasteiger partial charge in [-0.05, 0) is 25.3 Å². The minimum Gasteiger partial charge on any atom is -0.466 e. The summed E-state index contributed by atoms with van der Waals surface area (Å²) < 4.78 is 32.6. The maximum atomic E-state index is 13.4. The molecule has 224 valence electrons. The lowest BCUT2D eigenvalue weighted by Gasteiger charge is -2.37. The summed E-state index contributed by atoms with van der Waals surface area (Å²) in [5, 5.41) is 0. The molecule has 1 aliphatic carbocycles. The smallest absolute Gasteiger partial charge is 0.337 e. The average molecular weight is 577 g/mol. The zero-order valence-corrected chi connectivity index (χ0v) is 24.1. The van der Waals surface area contributed by atoms with Crippen molar-refractivity contribution < 1.29 is 57.2 Å². The van der Waals surface area contributed by atoms with Crippen molar-refractivity contribution in [2.24, 2.45) is 11.8 Å². The Balaban J connectivity index is 2.81. The number of methoxy groups -OCH3 is 1. The maximum absolute atomic E-state index is 13.4. The van der Waals surface area contributed by atoms with Gasteiger partial charge in [0.1, 0.15) is 6.61 Å². The van der Waals surface area contributed by atoms with Crippen molar-refractivity contribution in [1.29, 1.82) is 0 Å². The molecule has 0 aromatic heterocycles. The Bertz CT molecular complexity index is 1170. The number of allylic oxidation sites excluding steroid dienone is 2. The molecule has 0 N–H and O–H groups in total. The van der Waals surface area contributed by atoms with Gasteiger partial charge in [-0.3, -0.25) is 14.4 Å². The summed E-state index contributed by atoms with van der Waals surface area (Å²) in [6.07, 6.45) is -2.57. The highest BCUT2D eigenvalue weighted by Crippen LogP contribution is 2.41. The van der Waals surface area contributed by atoms with E-state index < -0.39 is 78.7 Å². The first-order valence-corrected chi connectivity index (χ1v) is 13.0. The molecule has 41 heavy (non-hydrogen) atoms. The van der Waals surface area contributed by atoms with E-state index in [1.807, 2.05) is 0 Å². The molecule has 1 aliphatic heterocycles. The normalized spacial score (nSPS) is 24.9. The molecule has 0 aromatic carbocycles. The van der Waals surface area contributed by atoms with Gasteiger partial charge in [0.15, 0.2) is 24.4 Å². The Kier molecular flexibility index (Phi) is 11.6.